The number of halogens is 3. The summed E-state index contributed by atoms with van der Waals surface area (Å²) in [4.78, 5) is 15.7. The van der Waals surface area contributed by atoms with Gasteiger partial charge in [-0.15, -0.1) is 0 Å². The molecule has 0 aliphatic rings. The average Bonchev–Trinajstić information content (AvgIpc) is 2.69. The fraction of sp³-hybridized carbons (Fsp3) is 0.167. The minimum atomic E-state index is -0.625. The number of hydrogen-bond acceptors (Lipinski definition) is 4. The summed E-state index contributed by atoms with van der Waals surface area (Å²) in [5.74, 6) is -0.0293. The molecule has 1 heterocycles. The van der Waals surface area contributed by atoms with E-state index >= 15 is 0 Å². The number of rotatable bonds is 2. The van der Waals surface area contributed by atoms with Gasteiger partial charge in [-0.2, -0.15) is 0 Å². The zero-order valence-corrected chi connectivity index (χ0v) is 12.8. The van der Waals surface area contributed by atoms with Crippen molar-refractivity contribution in [1.29, 1.82) is 0 Å². The highest BCUT2D eigenvalue weighted by molar-refractivity contribution is 6.43. The number of anilines is 1. The van der Waals surface area contributed by atoms with Gasteiger partial charge in [0.05, 0.1) is 27.9 Å². The molecule has 5 nitrogen and oxygen atoms in total. The molecule has 0 amide bonds. The largest absolute Gasteiger partial charge is 0.464 e. The van der Waals surface area contributed by atoms with Gasteiger partial charge in [-0.25, -0.2) is 9.78 Å². The number of benzene rings is 1. The highest BCUT2D eigenvalue weighted by atomic mass is 35.5. The van der Waals surface area contributed by atoms with Crippen molar-refractivity contribution < 1.29 is 9.53 Å². The number of hydrogen-bond donors (Lipinski definition) is 1. The van der Waals surface area contributed by atoms with Crippen molar-refractivity contribution in [2.75, 3.05) is 12.8 Å². The average molecular weight is 335 g/mol. The van der Waals surface area contributed by atoms with Crippen LogP contribution >= 0.6 is 34.8 Å². The van der Waals surface area contributed by atoms with Crippen LogP contribution in [0.1, 0.15) is 16.3 Å². The van der Waals surface area contributed by atoms with Gasteiger partial charge >= 0.3 is 5.97 Å². The molecule has 0 atom stereocenters. The number of aryl methyl sites for hydroxylation is 1. The Morgan fingerprint density at radius 3 is 2.45 bits per heavy atom. The van der Waals surface area contributed by atoms with E-state index in [1.165, 1.54) is 17.7 Å². The summed E-state index contributed by atoms with van der Waals surface area (Å²) in [7, 11) is 1.25. The molecule has 0 bridgehead atoms. The molecule has 0 fully saturated rings. The first-order valence-corrected chi connectivity index (χ1v) is 6.58. The molecule has 0 aliphatic heterocycles. The Morgan fingerprint density at radius 1 is 1.25 bits per heavy atom. The second-order valence-corrected chi connectivity index (χ2v) is 5.16. The van der Waals surface area contributed by atoms with E-state index in [0.29, 0.717) is 26.6 Å². The minimum Gasteiger partial charge on any atom is -0.464 e. The summed E-state index contributed by atoms with van der Waals surface area (Å²) in [6.07, 6.45) is 0. The summed E-state index contributed by atoms with van der Waals surface area (Å²) < 4.78 is 6.13. The third-order valence-corrected chi connectivity index (χ3v) is 3.72. The summed E-state index contributed by atoms with van der Waals surface area (Å²) >= 11 is 18.0. The zero-order chi connectivity index (χ0) is 15.0. The predicted octanol–water partition coefficient (Wildman–Crippen LogP) is 3.51. The molecule has 106 valence electrons. The summed E-state index contributed by atoms with van der Waals surface area (Å²) in [5, 5.41) is 0.978. The van der Waals surface area contributed by atoms with Crippen LogP contribution in [0.15, 0.2) is 12.1 Å². The first-order valence-electron chi connectivity index (χ1n) is 5.44. The van der Waals surface area contributed by atoms with Crippen LogP contribution in [0.25, 0.3) is 5.69 Å². The molecule has 0 spiro atoms. The molecule has 2 rings (SSSR count). The van der Waals surface area contributed by atoms with Crippen molar-refractivity contribution >= 4 is 46.6 Å². The van der Waals surface area contributed by atoms with E-state index in [-0.39, 0.29) is 11.5 Å². The first kappa shape index (κ1) is 15.0. The third-order valence-electron chi connectivity index (χ3n) is 2.69. The number of carbonyl (C=O) groups excluding carboxylic acids is 1. The smallest absolute Gasteiger partial charge is 0.360 e. The maximum Gasteiger partial charge on any atom is 0.360 e. The molecule has 0 radical (unpaired) electrons. The van der Waals surface area contributed by atoms with E-state index in [2.05, 4.69) is 9.72 Å². The number of nitrogens with zero attached hydrogens (tertiary/aromatic N) is 2. The molecule has 0 aliphatic carbocycles. The van der Waals surface area contributed by atoms with Crippen molar-refractivity contribution in [3.05, 3.63) is 38.7 Å². The lowest BCUT2D eigenvalue weighted by Gasteiger charge is -2.11. The minimum absolute atomic E-state index is 0.0205. The fourth-order valence-electron chi connectivity index (χ4n) is 1.78. The van der Waals surface area contributed by atoms with E-state index in [0.717, 1.165) is 0 Å². The lowest BCUT2D eigenvalue weighted by Crippen LogP contribution is -2.08. The van der Waals surface area contributed by atoms with Crippen LogP contribution in [0.4, 0.5) is 5.82 Å². The van der Waals surface area contributed by atoms with Crippen LogP contribution in [-0.2, 0) is 4.74 Å². The second kappa shape index (κ2) is 5.52. The standard InChI is InChI=1S/C12H10Cl3N3O2/c1-5-17-10(12(19)20-2)11(16)18(5)9-4-7(14)6(13)3-8(9)15/h3-4H,16H2,1-2H3. The topological polar surface area (TPSA) is 70.1 Å². The molecule has 1 aromatic carbocycles. The lowest BCUT2D eigenvalue weighted by molar-refractivity contribution is 0.0596. The molecule has 20 heavy (non-hydrogen) atoms. The summed E-state index contributed by atoms with van der Waals surface area (Å²) in [6, 6.07) is 3.05. The lowest BCUT2D eigenvalue weighted by atomic mass is 10.3. The third kappa shape index (κ3) is 2.44. The van der Waals surface area contributed by atoms with Gasteiger partial charge in [-0.1, -0.05) is 34.8 Å². The Balaban J connectivity index is 2.68. The van der Waals surface area contributed by atoms with Crippen LogP contribution in [-0.4, -0.2) is 22.6 Å². The molecule has 0 saturated heterocycles. The highest BCUT2D eigenvalue weighted by Gasteiger charge is 2.21. The van der Waals surface area contributed by atoms with Crippen molar-refractivity contribution in [2.24, 2.45) is 0 Å². The number of esters is 1. The number of ether oxygens (including phenoxy) is 1. The number of methoxy groups -OCH3 is 1. The van der Waals surface area contributed by atoms with Gasteiger partial charge in [-0.3, -0.25) is 4.57 Å². The predicted molar refractivity (Wildman–Crippen MR) is 79.1 cm³/mol. The SMILES string of the molecule is COC(=O)c1nc(C)n(-c2cc(Cl)c(Cl)cc2Cl)c1N. The first-order chi connectivity index (χ1) is 9.36. The van der Waals surface area contributed by atoms with E-state index in [1.807, 2.05) is 0 Å². The molecule has 0 saturated carbocycles. The monoisotopic (exact) mass is 333 g/mol. The molecule has 1 aromatic heterocycles. The van der Waals surface area contributed by atoms with E-state index < -0.39 is 5.97 Å². The second-order valence-electron chi connectivity index (χ2n) is 3.94. The quantitative estimate of drug-likeness (QED) is 0.674. The molecule has 0 unspecified atom stereocenters. The van der Waals surface area contributed by atoms with Gasteiger partial charge < -0.3 is 10.5 Å². The van der Waals surface area contributed by atoms with E-state index in [1.54, 1.807) is 13.0 Å². The molecular formula is C12H10Cl3N3O2. The number of nitrogens with two attached hydrogens (primary N) is 1. The zero-order valence-electron chi connectivity index (χ0n) is 10.6. The van der Waals surface area contributed by atoms with Crippen LogP contribution in [0.5, 0.6) is 0 Å². The van der Waals surface area contributed by atoms with Crippen molar-refractivity contribution in [3.63, 3.8) is 0 Å². The van der Waals surface area contributed by atoms with Gasteiger partial charge in [-0.05, 0) is 19.1 Å². The molecular weight excluding hydrogens is 325 g/mol. The van der Waals surface area contributed by atoms with E-state index in [9.17, 15) is 4.79 Å². The van der Waals surface area contributed by atoms with Crippen LogP contribution in [0.3, 0.4) is 0 Å². The normalized spacial score (nSPS) is 10.7. The maximum absolute atomic E-state index is 11.6. The maximum atomic E-state index is 11.6. The Morgan fingerprint density at radius 2 is 1.85 bits per heavy atom. The highest BCUT2D eigenvalue weighted by Crippen LogP contribution is 2.33. The number of imidazole rings is 1. The van der Waals surface area contributed by atoms with Crippen LogP contribution in [0.2, 0.25) is 15.1 Å². The summed E-state index contributed by atoms with van der Waals surface area (Å²) in [5.41, 5.74) is 6.44. The number of carbonyl (C=O) groups is 1. The Labute approximate surface area is 130 Å². The summed E-state index contributed by atoms with van der Waals surface area (Å²) in [6.45, 7) is 1.68. The van der Waals surface area contributed by atoms with Crippen molar-refractivity contribution in [1.82, 2.24) is 9.55 Å². The number of aromatic nitrogens is 2. The van der Waals surface area contributed by atoms with Gasteiger partial charge in [0.25, 0.3) is 0 Å². The molecule has 2 N–H and O–H groups in total. The Kier molecular flexibility index (Phi) is 4.13. The molecule has 2 aromatic rings. The van der Waals surface area contributed by atoms with Gasteiger partial charge in [0.1, 0.15) is 11.6 Å². The Hall–Kier alpha value is -1.43. The Bertz CT molecular complexity index is 698. The van der Waals surface area contributed by atoms with E-state index in [4.69, 9.17) is 40.5 Å². The van der Waals surface area contributed by atoms with Gasteiger partial charge in [0.15, 0.2) is 5.69 Å². The van der Waals surface area contributed by atoms with Gasteiger partial charge in [0, 0.05) is 0 Å². The van der Waals surface area contributed by atoms with Crippen molar-refractivity contribution in [3.8, 4) is 5.69 Å². The fourth-order valence-corrected chi connectivity index (χ4v) is 2.41. The van der Waals surface area contributed by atoms with Crippen LogP contribution < -0.4 is 5.73 Å². The number of nitrogen functional groups attached to an aromatic ring is 1. The van der Waals surface area contributed by atoms with Gasteiger partial charge in [0.2, 0.25) is 0 Å². The van der Waals surface area contributed by atoms with Crippen molar-refractivity contribution in [2.45, 2.75) is 6.92 Å². The molecule has 8 heteroatoms. The van der Waals surface area contributed by atoms with Crippen LogP contribution in [0, 0.1) is 6.92 Å².